The van der Waals surface area contributed by atoms with Crippen molar-refractivity contribution in [3.8, 4) is 0 Å². The Morgan fingerprint density at radius 3 is 2.08 bits per heavy atom. The summed E-state index contributed by atoms with van der Waals surface area (Å²) < 4.78 is 35.7. The quantitative estimate of drug-likeness (QED) is 0.518. The van der Waals surface area contributed by atoms with Gasteiger partial charge in [-0.3, -0.25) is 0 Å². The van der Waals surface area contributed by atoms with E-state index in [-0.39, 0.29) is 5.69 Å². The largest absolute Gasteiger partial charge is 0.416 e. The Morgan fingerprint density at radius 1 is 1.23 bits per heavy atom. The van der Waals surface area contributed by atoms with E-state index < -0.39 is 11.7 Å². The first-order valence-corrected chi connectivity index (χ1v) is 4.06. The molecule has 0 fully saturated rings. The van der Waals surface area contributed by atoms with Crippen LogP contribution in [0.2, 0.25) is 0 Å². The maximum Gasteiger partial charge on any atom is 0.416 e. The van der Waals surface area contributed by atoms with E-state index >= 15 is 0 Å². The molecule has 5 heteroatoms. The third kappa shape index (κ3) is 4.03. The van der Waals surface area contributed by atoms with Crippen LogP contribution < -0.4 is 5.73 Å². The van der Waals surface area contributed by atoms with E-state index in [4.69, 9.17) is 5.73 Å². The van der Waals surface area contributed by atoms with Crippen LogP contribution in [0.1, 0.15) is 5.56 Å². The van der Waals surface area contributed by atoms with Crippen molar-refractivity contribution < 1.29 is 13.2 Å². The first-order chi connectivity index (χ1) is 6.00. The number of halogens is 4. The van der Waals surface area contributed by atoms with E-state index in [2.05, 4.69) is 11.6 Å². The predicted octanol–water partition coefficient (Wildman–Crippen LogP) is 3.14. The summed E-state index contributed by atoms with van der Waals surface area (Å²) in [7, 11) is 0. The van der Waals surface area contributed by atoms with Crippen molar-refractivity contribution in [1.82, 2.24) is 0 Å². The van der Waals surface area contributed by atoms with E-state index in [0.29, 0.717) is 0 Å². The highest BCUT2D eigenvalue weighted by Crippen LogP contribution is 2.29. The van der Waals surface area contributed by atoms with Crippen LogP contribution in [0.4, 0.5) is 18.9 Å². The van der Waals surface area contributed by atoms with Crippen molar-refractivity contribution in [2.24, 2.45) is 0 Å². The Kier molecular flexibility index (Phi) is 4.62. The standard InChI is InChI=1S/C7H6F3N.CH3Cl/c8-7(9,10)5-2-1-3-6(11)4-5;1-2/h1-4H,11H2;1H3. The van der Waals surface area contributed by atoms with Gasteiger partial charge in [0, 0.05) is 12.1 Å². The first kappa shape index (κ1) is 12.1. The summed E-state index contributed by atoms with van der Waals surface area (Å²) in [6.07, 6.45) is -2.82. The molecule has 0 heterocycles. The molecule has 74 valence electrons. The molecule has 13 heavy (non-hydrogen) atoms. The molecule has 0 aliphatic heterocycles. The molecule has 2 N–H and O–H groups in total. The Labute approximate surface area is 79.3 Å². The number of benzene rings is 1. The molecule has 0 spiro atoms. The fraction of sp³-hybridized carbons (Fsp3) is 0.250. The lowest BCUT2D eigenvalue weighted by Crippen LogP contribution is -2.04. The molecule has 0 unspecified atom stereocenters. The van der Waals surface area contributed by atoms with Gasteiger partial charge in [-0.25, -0.2) is 0 Å². The molecule has 0 aromatic heterocycles. The Bertz CT molecular complexity index is 260. The second-order valence-corrected chi connectivity index (χ2v) is 2.12. The summed E-state index contributed by atoms with van der Waals surface area (Å²) in [5.74, 6) is 0. The summed E-state index contributed by atoms with van der Waals surface area (Å²) in [4.78, 5) is 0. The Hall–Kier alpha value is -0.900. The zero-order valence-electron chi connectivity index (χ0n) is 6.90. The maximum absolute atomic E-state index is 11.9. The number of rotatable bonds is 0. The molecule has 0 aliphatic carbocycles. The van der Waals surface area contributed by atoms with Gasteiger partial charge >= 0.3 is 6.18 Å². The highest BCUT2D eigenvalue weighted by atomic mass is 35.5. The molecular weight excluding hydrogens is 203 g/mol. The predicted molar refractivity (Wildman–Crippen MR) is 47.6 cm³/mol. The molecule has 1 aromatic rings. The van der Waals surface area contributed by atoms with E-state index in [0.717, 1.165) is 12.1 Å². The lowest BCUT2D eigenvalue weighted by molar-refractivity contribution is -0.137. The topological polar surface area (TPSA) is 26.0 Å². The molecular formula is C8H9ClF3N. The minimum absolute atomic E-state index is 0.125. The second kappa shape index (κ2) is 4.97. The van der Waals surface area contributed by atoms with Crippen LogP contribution >= 0.6 is 11.6 Å². The molecule has 1 aromatic carbocycles. The van der Waals surface area contributed by atoms with E-state index in [9.17, 15) is 13.2 Å². The zero-order valence-corrected chi connectivity index (χ0v) is 7.65. The fourth-order valence-electron chi connectivity index (χ4n) is 0.715. The SMILES string of the molecule is CCl.Nc1cccc(C(F)(F)F)c1. The molecule has 1 nitrogen and oxygen atoms in total. The third-order valence-corrected chi connectivity index (χ3v) is 1.21. The van der Waals surface area contributed by atoms with Gasteiger partial charge in [0.15, 0.2) is 0 Å². The monoisotopic (exact) mass is 211 g/mol. The summed E-state index contributed by atoms with van der Waals surface area (Å²) >= 11 is 4.64. The minimum Gasteiger partial charge on any atom is -0.399 e. The van der Waals surface area contributed by atoms with Crippen molar-refractivity contribution in [2.75, 3.05) is 12.1 Å². The molecule has 0 radical (unpaired) electrons. The van der Waals surface area contributed by atoms with Crippen LogP contribution in [0.25, 0.3) is 0 Å². The van der Waals surface area contributed by atoms with Crippen molar-refractivity contribution in [2.45, 2.75) is 6.18 Å². The normalized spacial score (nSPS) is 10.2. The van der Waals surface area contributed by atoms with Crippen molar-refractivity contribution in [3.05, 3.63) is 29.8 Å². The van der Waals surface area contributed by atoms with Gasteiger partial charge in [-0.15, -0.1) is 11.6 Å². The van der Waals surface area contributed by atoms with Crippen LogP contribution in [-0.2, 0) is 6.18 Å². The smallest absolute Gasteiger partial charge is 0.399 e. The van der Waals surface area contributed by atoms with E-state index in [1.807, 2.05) is 0 Å². The van der Waals surface area contributed by atoms with E-state index in [1.165, 1.54) is 18.5 Å². The summed E-state index contributed by atoms with van der Waals surface area (Å²) in [5.41, 5.74) is 4.57. The van der Waals surface area contributed by atoms with Crippen LogP contribution in [0.5, 0.6) is 0 Å². The van der Waals surface area contributed by atoms with Gasteiger partial charge < -0.3 is 5.73 Å². The summed E-state index contributed by atoms with van der Waals surface area (Å²) in [5, 5.41) is 0. The number of hydrogen-bond donors (Lipinski definition) is 1. The fourth-order valence-corrected chi connectivity index (χ4v) is 0.715. The summed E-state index contributed by atoms with van der Waals surface area (Å²) in [6.45, 7) is 0. The van der Waals surface area contributed by atoms with Crippen molar-refractivity contribution >= 4 is 17.3 Å². The van der Waals surface area contributed by atoms with Gasteiger partial charge in [0.05, 0.1) is 5.56 Å². The minimum atomic E-state index is -4.30. The van der Waals surface area contributed by atoms with Gasteiger partial charge in [-0.1, -0.05) is 6.07 Å². The number of hydrogen-bond acceptors (Lipinski definition) is 1. The second-order valence-electron chi connectivity index (χ2n) is 2.12. The molecule has 0 amide bonds. The molecule has 0 saturated heterocycles. The maximum atomic E-state index is 11.9. The highest BCUT2D eigenvalue weighted by molar-refractivity contribution is 6.15. The highest BCUT2D eigenvalue weighted by Gasteiger charge is 2.30. The van der Waals surface area contributed by atoms with Crippen LogP contribution in [0.3, 0.4) is 0 Å². The summed E-state index contributed by atoms with van der Waals surface area (Å²) in [6, 6.07) is 4.57. The van der Waals surface area contributed by atoms with Gasteiger partial charge in [0.25, 0.3) is 0 Å². The van der Waals surface area contributed by atoms with Crippen molar-refractivity contribution in [1.29, 1.82) is 0 Å². The van der Waals surface area contributed by atoms with Gasteiger partial charge in [-0.2, -0.15) is 13.2 Å². The molecule has 0 atom stereocenters. The number of alkyl halides is 4. The van der Waals surface area contributed by atoms with E-state index in [1.54, 1.807) is 0 Å². The Morgan fingerprint density at radius 2 is 1.77 bits per heavy atom. The van der Waals surface area contributed by atoms with Crippen molar-refractivity contribution in [3.63, 3.8) is 0 Å². The molecule has 1 rings (SSSR count). The molecule has 0 saturated carbocycles. The number of nitrogens with two attached hydrogens (primary N) is 1. The van der Waals surface area contributed by atoms with Crippen LogP contribution in [-0.4, -0.2) is 6.38 Å². The van der Waals surface area contributed by atoms with Crippen LogP contribution in [0, 0.1) is 0 Å². The first-order valence-electron chi connectivity index (χ1n) is 3.30. The number of nitrogen functional groups attached to an aromatic ring is 1. The van der Waals surface area contributed by atoms with Crippen LogP contribution in [0.15, 0.2) is 24.3 Å². The zero-order chi connectivity index (χ0) is 10.5. The lowest BCUT2D eigenvalue weighted by Gasteiger charge is -2.05. The third-order valence-electron chi connectivity index (χ3n) is 1.21. The number of anilines is 1. The molecule has 0 bridgehead atoms. The molecule has 0 aliphatic rings. The van der Waals surface area contributed by atoms with Gasteiger partial charge in [0.1, 0.15) is 0 Å². The lowest BCUT2D eigenvalue weighted by atomic mass is 10.2. The van der Waals surface area contributed by atoms with Gasteiger partial charge in [-0.05, 0) is 18.2 Å². The average molecular weight is 212 g/mol. The average Bonchev–Trinajstić information content (AvgIpc) is 2.06. The Balaban J connectivity index is 0.000000671. The van der Waals surface area contributed by atoms with Gasteiger partial charge in [0.2, 0.25) is 0 Å².